The smallest absolute Gasteiger partial charge is 0.362 e. The molecule has 3 rings (SSSR count). The van der Waals surface area contributed by atoms with Gasteiger partial charge in [-0.2, -0.15) is 8.42 Å². The van der Waals surface area contributed by atoms with E-state index in [4.69, 9.17) is 16.1 Å². The predicted octanol–water partition coefficient (Wildman–Crippen LogP) is -0.137. The van der Waals surface area contributed by atoms with Crippen molar-refractivity contribution in [2.45, 2.75) is 31.3 Å². The maximum atomic E-state index is 12.8. The van der Waals surface area contributed by atoms with Crippen LogP contribution in [0.5, 0.6) is 11.5 Å². The summed E-state index contributed by atoms with van der Waals surface area (Å²) in [7, 11) is -4.98. The highest BCUT2D eigenvalue weighted by molar-refractivity contribution is 7.83. The van der Waals surface area contributed by atoms with E-state index in [1.165, 1.54) is 24.0 Å². The average Bonchev–Trinajstić information content (AvgIpc) is 3.54. The van der Waals surface area contributed by atoms with Crippen LogP contribution in [0.25, 0.3) is 0 Å². The lowest BCUT2D eigenvalue weighted by molar-refractivity contribution is -0.117. The molecule has 0 saturated carbocycles. The molecule has 0 bridgehead atoms. The predicted molar refractivity (Wildman–Crippen MR) is 129 cm³/mol. The second-order valence-electron chi connectivity index (χ2n) is 8.41. The standard InChI is InChI=1S/C21H24ClN5O10S/c1-11(24-9-28)15(27(10-29)38(34,35)36)7-23-20(32)17-6-14(25-37-17)12-4-5-26(8-12)21(33)13-2-3-16(30)19(31)18(13)22/h2-3,6,9-12,15,30-31H,4-5,7-8H2,1H3,(H,23,32)(H,24,28)(H,34,35,36). The molecule has 15 nitrogen and oxygen atoms in total. The van der Waals surface area contributed by atoms with Gasteiger partial charge in [0, 0.05) is 37.7 Å². The summed E-state index contributed by atoms with van der Waals surface area (Å²) in [5, 5.41) is 27.5. The van der Waals surface area contributed by atoms with Gasteiger partial charge in [-0.05, 0) is 25.5 Å². The zero-order valence-electron chi connectivity index (χ0n) is 19.8. The van der Waals surface area contributed by atoms with E-state index < -0.39 is 52.2 Å². The van der Waals surface area contributed by atoms with Crippen molar-refractivity contribution < 1.29 is 46.9 Å². The number of aromatic nitrogens is 1. The van der Waals surface area contributed by atoms with Gasteiger partial charge in [-0.25, -0.2) is 4.31 Å². The molecule has 206 valence electrons. The van der Waals surface area contributed by atoms with E-state index in [1.807, 2.05) is 0 Å². The second kappa shape index (κ2) is 11.7. The summed E-state index contributed by atoms with van der Waals surface area (Å²) in [5.41, 5.74) is 0.370. The van der Waals surface area contributed by atoms with E-state index in [0.717, 1.165) is 6.07 Å². The molecule has 2 aromatic rings. The third-order valence-electron chi connectivity index (χ3n) is 6.05. The molecule has 2 heterocycles. The number of nitrogens with one attached hydrogen (secondary N) is 2. The fourth-order valence-electron chi connectivity index (χ4n) is 3.96. The lowest BCUT2D eigenvalue weighted by Crippen LogP contribution is -2.55. The van der Waals surface area contributed by atoms with Crippen LogP contribution < -0.4 is 10.6 Å². The molecule has 1 aliphatic rings. The summed E-state index contributed by atoms with van der Waals surface area (Å²) in [4.78, 5) is 48.9. The Morgan fingerprint density at radius 1 is 1.34 bits per heavy atom. The molecule has 1 aromatic carbocycles. The summed E-state index contributed by atoms with van der Waals surface area (Å²) in [6, 6.07) is 1.44. The topological polar surface area (TPSA) is 220 Å². The fraction of sp³-hybridized carbons (Fsp3) is 0.381. The van der Waals surface area contributed by atoms with Crippen LogP contribution in [0.1, 0.15) is 45.9 Å². The molecule has 0 radical (unpaired) electrons. The highest BCUT2D eigenvalue weighted by atomic mass is 35.5. The van der Waals surface area contributed by atoms with Gasteiger partial charge in [0.05, 0.1) is 22.3 Å². The van der Waals surface area contributed by atoms with Gasteiger partial charge in [-0.1, -0.05) is 16.8 Å². The Balaban J connectivity index is 1.66. The number of benzene rings is 1. The molecule has 5 N–H and O–H groups in total. The lowest BCUT2D eigenvalue weighted by atomic mass is 10.0. The molecule has 38 heavy (non-hydrogen) atoms. The number of likely N-dealkylation sites (tertiary alicyclic amines) is 1. The van der Waals surface area contributed by atoms with Crippen LogP contribution in [0.4, 0.5) is 0 Å². The highest BCUT2D eigenvalue weighted by Crippen LogP contribution is 2.37. The number of nitrogens with zero attached hydrogens (tertiary/aromatic N) is 3. The zero-order chi connectivity index (χ0) is 28.2. The maximum absolute atomic E-state index is 12.8. The number of hydrogen-bond donors (Lipinski definition) is 5. The van der Waals surface area contributed by atoms with E-state index in [2.05, 4.69) is 15.8 Å². The van der Waals surface area contributed by atoms with Gasteiger partial charge in [0.1, 0.15) is 0 Å². The van der Waals surface area contributed by atoms with Crippen molar-refractivity contribution in [2.75, 3.05) is 19.6 Å². The third kappa shape index (κ3) is 6.15. The van der Waals surface area contributed by atoms with E-state index in [-0.39, 0.29) is 45.9 Å². The van der Waals surface area contributed by atoms with Crippen LogP contribution in [-0.4, -0.2) is 93.9 Å². The first kappa shape index (κ1) is 28.7. The monoisotopic (exact) mass is 573 g/mol. The Morgan fingerprint density at radius 2 is 2.05 bits per heavy atom. The minimum absolute atomic E-state index is 0.00458. The molecule has 4 amide bonds. The molecule has 1 aromatic heterocycles. The van der Waals surface area contributed by atoms with Crippen molar-refractivity contribution in [2.24, 2.45) is 0 Å². The molecule has 3 atom stereocenters. The first-order valence-electron chi connectivity index (χ1n) is 11.0. The molecule has 1 fully saturated rings. The maximum Gasteiger partial charge on any atom is 0.362 e. The number of phenols is 2. The van der Waals surface area contributed by atoms with Gasteiger partial charge < -0.3 is 30.3 Å². The third-order valence-corrected chi connectivity index (χ3v) is 7.32. The molecule has 3 unspecified atom stereocenters. The van der Waals surface area contributed by atoms with Gasteiger partial charge in [0.2, 0.25) is 18.6 Å². The number of rotatable bonds is 11. The lowest BCUT2D eigenvalue weighted by Gasteiger charge is -2.29. The van der Waals surface area contributed by atoms with Crippen molar-refractivity contribution in [1.82, 2.24) is 25.0 Å². The summed E-state index contributed by atoms with van der Waals surface area (Å²) >= 11 is 5.99. The van der Waals surface area contributed by atoms with Gasteiger partial charge in [0.25, 0.3) is 11.8 Å². The number of aromatic hydroxyl groups is 2. The van der Waals surface area contributed by atoms with Crippen molar-refractivity contribution in [3.8, 4) is 11.5 Å². The van der Waals surface area contributed by atoms with Crippen molar-refractivity contribution in [3.63, 3.8) is 0 Å². The minimum atomic E-state index is -4.98. The van der Waals surface area contributed by atoms with Crippen LogP contribution in [0.15, 0.2) is 22.7 Å². The van der Waals surface area contributed by atoms with Gasteiger partial charge >= 0.3 is 10.3 Å². The molecular formula is C21H24ClN5O10S. The first-order valence-corrected chi connectivity index (χ1v) is 12.8. The van der Waals surface area contributed by atoms with Gasteiger partial charge in [-0.15, -0.1) is 0 Å². The Bertz CT molecular complexity index is 1330. The van der Waals surface area contributed by atoms with Crippen molar-refractivity contribution >= 4 is 46.5 Å². The first-order chi connectivity index (χ1) is 17.9. The van der Waals surface area contributed by atoms with E-state index >= 15 is 0 Å². The number of carbonyl (C=O) groups excluding carboxylic acids is 4. The van der Waals surface area contributed by atoms with Crippen LogP contribution in [0, 0.1) is 0 Å². The Labute approximate surface area is 221 Å². The summed E-state index contributed by atoms with van der Waals surface area (Å²) in [6.07, 6.45) is 0.589. The molecule has 1 aliphatic heterocycles. The zero-order valence-corrected chi connectivity index (χ0v) is 21.3. The summed E-state index contributed by atoms with van der Waals surface area (Å²) < 4.78 is 37.5. The molecule has 1 saturated heterocycles. The quantitative estimate of drug-likeness (QED) is 0.135. The van der Waals surface area contributed by atoms with Crippen LogP contribution >= 0.6 is 11.6 Å². The van der Waals surface area contributed by atoms with Crippen molar-refractivity contribution in [3.05, 3.63) is 40.2 Å². The second-order valence-corrected chi connectivity index (χ2v) is 10.1. The van der Waals surface area contributed by atoms with Gasteiger partial charge in [-0.3, -0.25) is 23.7 Å². The number of halogens is 1. The largest absolute Gasteiger partial charge is 0.504 e. The fourth-order valence-corrected chi connectivity index (χ4v) is 4.91. The van der Waals surface area contributed by atoms with Crippen molar-refractivity contribution in [1.29, 1.82) is 0 Å². The average molecular weight is 574 g/mol. The van der Waals surface area contributed by atoms with Crippen LogP contribution in [0.2, 0.25) is 5.02 Å². The number of phenolic OH excluding ortho intramolecular Hbond substituents is 2. The number of carbonyl (C=O) groups is 4. The minimum Gasteiger partial charge on any atom is -0.504 e. The van der Waals surface area contributed by atoms with E-state index in [0.29, 0.717) is 18.7 Å². The summed E-state index contributed by atoms with van der Waals surface area (Å²) in [6.45, 7) is 1.39. The van der Waals surface area contributed by atoms with Crippen LogP contribution in [0.3, 0.4) is 0 Å². The highest BCUT2D eigenvalue weighted by Gasteiger charge is 2.34. The SMILES string of the molecule is CC(NC=O)C(CNC(=O)c1cc(C2CCN(C(=O)c3ccc(O)c(O)c3Cl)C2)no1)N(C=O)S(=O)(=O)O. The molecular weight excluding hydrogens is 550 g/mol. The van der Waals surface area contributed by atoms with Gasteiger partial charge in [0.15, 0.2) is 11.5 Å². The molecule has 0 aliphatic carbocycles. The Hall–Kier alpha value is -3.89. The Kier molecular flexibility index (Phi) is 8.80. The number of hydrogen-bond acceptors (Lipinski definition) is 10. The number of amides is 4. The van der Waals surface area contributed by atoms with E-state index in [9.17, 15) is 42.4 Å². The Morgan fingerprint density at radius 3 is 2.68 bits per heavy atom. The molecule has 0 spiro atoms. The molecule has 17 heteroatoms. The normalized spacial score (nSPS) is 16.9. The van der Waals surface area contributed by atoms with E-state index in [1.54, 1.807) is 0 Å². The van der Waals surface area contributed by atoms with Crippen LogP contribution in [-0.2, 0) is 19.9 Å². The summed E-state index contributed by atoms with van der Waals surface area (Å²) in [5.74, 6) is -2.90.